The van der Waals surface area contributed by atoms with Crippen molar-refractivity contribution in [1.82, 2.24) is 4.90 Å². The fourth-order valence-corrected chi connectivity index (χ4v) is 2.37. The molecule has 22 heavy (non-hydrogen) atoms. The molecule has 0 radical (unpaired) electrons. The standard InChI is InChI=1S/C18H33NO3/c1-5-6-7-8-9-10-11-12-13-17(20)19(4)16(18(21)22)14-15(2)3/h12-13,15-16H,5-11,14H2,1-4H3,(H,21,22)/t16-/m0/s1. The quantitative estimate of drug-likeness (QED) is 0.433. The summed E-state index contributed by atoms with van der Waals surface area (Å²) in [7, 11) is 1.57. The van der Waals surface area contributed by atoms with E-state index in [1.54, 1.807) is 7.05 Å². The number of carbonyl (C=O) groups excluding carboxylic acids is 1. The van der Waals surface area contributed by atoms with Gasteiger partial charge in [0.25, 0.3) is 0 Å². The van der Waals surface area contributed by atoms with Gasteiger partial charge >= 0.3 is 5.97 Å². The second-order valence-electron chi connectivity index (χ2n) is 6.39. The largest absolute Gasteiger partial charge is 0.480 e. The molecule has 0 aromatic rings. The average molecular weight is 311 g/mol. The Morgan fingerprint density at radius 2 is 1.68 bits per heavy atom. The van der Waals surface area contributed by atoms with E-state index in [-0.39, 0.29) is 11.8 Å². The molecule has 0 rings (SSSR count). The van der Waals surface area contributed by atoms with E-state index in [2.05, 4.69) is 6.92 Å². The molecule has 0 heterocycles. The summed E-state index contributed by atoms with van der Waals surface area (Å²) in [5, 5.41) is 9.24. The third-order valence-electron chi connectivity index (χ3n) is 3.78. The van der Waals surface area contributed by atoms with Gasteiger partial charge in [-0.3, -0.25) is 4.79 Å². The molecule has 0 aliphatic rings. The zero-order valence-corrected chi connectivity index (χ0v) is 14.7. The summed E-state index contributed by atoms with van der Waals surface area (Å²) in [5.74, 6) is -0.920. The van der Waals surface area contributed by atoms with Gasteiger partial charge in [0.1, 0.15) is 6.04 Å². The predicted octanol–water partition coefficient (Wildman–Crippen LogP) is 4.25. The SMILES string of the molecule is CCCCCCCCC=CC(=O)N(C)[C@@H](CC(C)C)C(=O)O. The summed E-state index contributed by atoms with van der Waals surface area (Å²) in [6.45, 7) is 6.12. The first-order chi connectivity index (χ1) is 10.4. The van der Waals surface area contributed by atoms with Crippen molar-refractivity contribution in [3.05, 3.63) is 12.2 Å². The van der Waals surface area contributed by atoms with Crippen molar-refractivity contribution in [3.8, 4) is 0 Å². The Morgan fingerprint density at radius 1 is 1.09 bits per heavy atom. The topological polar surface area (TPSA) is 57.6 Å². The maximum Gasteiger partial charge on any atom is 0.326 e. The van der Waals surface area contributed by atoms with Crippen LogP contribution in [0.15, 0.2) is 12.2 Å². The number of carboxylic acids is 1. The zero-order chi connectivity index (χ0) is 17.0. The molecule has 1 amide bonds. The second-order valence-corrected chi connectivity index (χ2v) is 6.39. The first kappa shape index (κ1) is 20.7. The van der Waals surface area contributed by atoms with Crippen LogP contribution in [-0.4, -0.2) is 35.0 Å². The van der Waals surface area contributed by atoms with Crippen LogP contribution in [0.25, 0.3) is 0 Å². The Labute approximate surface area is 135 Å². The van der Waals surface area contributed by atoms with Crippen molar-refractivity contribution >= 4 is 11.9 Å². The summed E-state index contributed by atoms with van der Waals surface area (Å²) in [6, 6.07) is -0.744. The number of likely N-dealkylation sites (N-methyl/N-ethyl adjacent to an activating group) is 1. The van der Waals surface area contributed by atoms with Gasteiger partial charge in [-0.05, 0) is 31.3 Å². The lowest BCUT2D eigenvalue weighted by Crippen LogP contribution is -2.42. The molecule has 0 saturated carbocycles. The number of unbranched alkanes of at least 4 members (excludes halogenated alkanes) is 6. The maximum absolute atomic E-state index is 12.0. The van der Waals surface area contributed by atoms with Gasteiger partial charge in [-0.15, -0.1) is 0 Å². The van der Waals surface area contributed by atoms with E-state index in [4.69, 9.17) is 0 Å². The van der Waals surface area contributed by atoms with Crippen LogP contribution in [0.4, 0.5) is 0 Å². The zero-order valence-electron chi connectivity index (χ0n) is 14.7. The van der Waals surface area contributed by atoms with E-state index in [0.717, 1.165) is 12.8 Å². The van der Waals surface area contributed by atoms with E-state index in [0.29, 0.717) is 6.42 Å². The van der Waals surface area contributed by atoms with Gasteiger partial charge in [-0.25, -0.2) is 4.79 Å². The Hall–Kier alpha value is -1.32. The molecule has 0 aliphatic carbocycles. The molecular weight excluding hydrogens is 278 g/mol. The highest BCUT2D eigenvalue weighted by Crippen LogP contribution is 2.12. The minimum Gasteiger partial charge on any atom is -0.480 e. The highest BCUT2D eigenvalue weighted by atomic mass is 16.4. The minimum atomic E-state index is -0.936. The Morgan fingerprint density at radius 3 is 2.23 bits per heavy atom. The second kappa shape index (κ2) is 12.2. The lowest BCUT2D eigenvalue weighted by molar-refractivity contribution is -0.148. The molecule has 0 saturated heterocycles. The van der Waals surface area contributed by atoms with Gasteiger partial charge in [0.05, 0.1) is 0 Å². The molecule has 0 unspecified atom stereocenters. The van der Waals surface area contributed by atoms with E-state index >= 15 is 0 Å². The Bertz CT molecular complexity index is 350. The van der Waals surface area contributed by atoms with Crippen LogP contribution in [0, 0.1) is 5.92 Å². The molecule has 0 fully saturated rings. The van der Waals surface area contributed by atoms with Gasteiger partial charge in [-0.1, -0.05) is 59.0 Å². The Balaban J connectivity index is 4.11. The van der Waals surface area contributed by atoms with Gasteiger partial charge < -0.3 is 10.0 Å². The highest BCUT2D eigenvalue weighted by molar-refractivity contribution is 5.90. The molecule has 4 nitrogen and oxygen atoms in total. The molecule has 128 valence electrons. The predicted molar refractivity (Wildman–Crippen MR) is 90.8 cm³/mol. The summed E-state index contributed by atoms with van der Waals surface area (Å²) in [6.07, 6.45) is 12.1. The van der Waals surface area contributed by atoms with Crippen molar-refractivity contribution in [2.45, 2.75) is 78.2 Å². The molecule has 1 atom stereocenters. The third kappa shape index (κ3) is 9.59. The average Bonchev–Trinajstić information content (AvgIpc) is 2.46. The maximum atomic E-state index is 12.0. The van der Waals surface area contributed by atoms with Gasteiger partial charge in [0, 0.05) is 7.05 Å². The fraction of sp³-hybridized carbons (Fsp3) is 0.778. The molecule has 0 aromatic carbocycles. The van der Waals surface area contributed by atoms with Crippen LogP contribution >= 0.6 is 0 Å². The monoisotopic (exact) mass is 311 g/mol. The number of allylic oxidation sites excluding steroid dienone is 1. The number of hydrogen-bond acceptors (Lipinski definition) is 2. The van der Waals surface area contributed by atoms with Gasteiger partial charge in [0.2, 0.25) is 5.91 Å². The van der Waals surface area contributed by atoms with Crippen LogP contribution in [0.5, 0.6) is 0 Å². The molecule has 4 heteroatoms. The number of rotatable bonds is 12. The van der Waals surface area contributed by atoms with Crippen molar-refractivity contribution in [2.75, 3.05) is 7.05 Å². The van der Waals surface area contributed by atoms with E-state index in [9.17, 15) is 14.7 Å². The molecule has 1 N–H and O–H groups in total. The van der Waals surface area contributed by atoms with Crippen molar-refractivity contribution in [3.63, 3.8) is 0 Å². The molecule has 0 bridgehead atoms. The molecule has 0 spiro atoms. The summed E-state index contributed by atoms with van der Waals surface area (Å²) < 4.78 is 0. The number of aliphatic carboxylic acids is 1. The number of carbonyl (C=O) groups is 2. The van der Waals surface area contributed by atoms with Gasteiger partial charge in [0.15, 0.2) is 0 Å². The number of carboxylic acid groups (broad SMARTS) is 1. The summed E-state index contributed by atoms with van der Waals surface area (Å²) in [4.78, 5) is 24.6. The van der Waals surface area contributed by atoms with Gasteiger partial charge in [-0.2, -0.15) is 0 Å². The first-order valence-corrected chi connectivity index (χ1v) is 8.56. The van der Waals surface area contributed by atoms with Crippen molar-refractivity contribution < 1.29 is 14.7 Å². The van der Waals surface area contributed by atoms with Crippen LogP contribution in [0.2, 0.25) is 0 Å². The third-order valence-corrected chi connectivity index (χ3v) is 3.78. The summed E-state index contributed by atoms with van der Waals surface area (Å²) in [5.41, 5.74) is 0. The number of hydrogen-bond donors (Lipinski definition) is 1. The highest BCUT2D eigenvalue weighted by Gasteiger charge is 2.25. The smallest absolute Gasteiger partial charge is 0.326 e. The minimum absolute atomic E-state index is 0.223. The van der Waals surface area contributed by atoms with E-state index in [1.165, 1.54) is 43.1 Å². The van der Waals surface area contributed by atoms with Crippen molar-refractivity contribution in [1.29, 1.82) is 0 Å². The van der Waals surface area contributed by atoms with Crippen LogP contribution < -0.4 is 0 Å². The number of amides is 1. The van der Waals surface area contributed by atoms with Crippen LogP contribution in [0.1, 0.15) is 72.1 Å². The van der Waals surface area contributed by atoms with Crippen LogP contribution in [0.3, 0.4) is 0 Å². The lowest BCUT2D eigenvalue weighted by Gasteiger charge is -2.25. The normalized spacial score (nSPS) is 12.8. The molecular formula is C18H33NO3. The molecule has 0 aromatic heterocycles. The lowest BCUT2D eigenvalue weighted by atomic mass is 10.0. The van der Waals surface area contributed by atoms with E-state index in [1.807, 2.05) is 19.9 Å². The van der Waals surface area contributed by atoms with Crippen molar-refractivity contribution in [2.24, 2.45) is 5.92 Å². The van der Waals surface area contributed by atoms with E-state index < -0.39 is 12.0 Å². The summed E-state index contributed by atoms with van der Waals surface area (Å²) >= 11 is 0. The fourth-order valence-electron chi connectivity index (χ4n) is 2.37. The Kier molecular flexibility index (Phi) is 11.5. The van der Waals surface area contributed by atoms with Crippen LogP contribution in [-0.2, 0) is 9.59 Å². The number of nitrogens with zero attached hydrogens (tertiary/aromatic N) is 1. The first-order valence-electron chi connectivity index (χ1n) is 8.56. The molecule has 0 aliphatic heterocycles.